The molecule has 0 unspecified atom stereocenters. The number of halogens is 3. The molecule has 1 aromatic carbocycles. The Bertz CT molecular complexity index is 842. The summed E-state index contributed by atoms with van der Waals surface area (Å²) in [7, 11) is 0. The zero-order chi connectivity index (χ0) is 18.9. The van der Waals surface area contributed by atoms with E-state index >= 15 is 0 Å². The lowest BCUT2D eigenvalue weighted by Gasteiger charge is -2.39. The second-order valence-corrected chi connectivity index (χ2v) is 6.12. The molecule has 0 bridgehead atoms. The molecule has 3 rings (SSSR count). The van der Waals surface area contributed by atoms with Gasteiger partial charge in [0.25, 0.3) is 5.91 Å². The lowest BCUT2D eigenvalue weighted by Crippen LogP contribution is -2.65. The zero-order valence-corrected chi connectivity index (χ0v) is 13.5. The minimum Gasteiger partial charge on any atom is -0.369 e. The van der Waals surface area contributed by atoms with Gasteiger partial charge in [0, 0.05) is 25.8 Å². The highest BCUT2D eigenvalue weighted by molar-refractivity contribution is 5.93. The number of nitrogens with two attached hydrogens (primary N) is 1. The minimum absolute atomic E-state index is 0.0225. The number of nitrogens with one attached hydrogen (secondary N) is 2. The summed E-state index contributed by atoms with van der Waals surface area (Å²) in [6, 6.07) is 5.99. The maximum atomic E-state index is 12.8. The van der Waals surface area contributed by atoms with Crippen LogP contribution in [0.25, 0.3) is 5.69 Å². The number of hydrogen-bond acceptors (Lipinski definition) is 4. The number of alkyl halides is 3. The van der Waals surface area contributed by atoms with E-state index in [1.54, 1.807) is 0 Å². The molecule has 1 fully saturated rings. The molecule has 1 aliphatic heterocycles. The quantitative estimate of drug-likeness (QED) is 0.724. The molecule has 4 N–H and O–H groups in total. The molecule has 0 radical (unpaired) electrons. The van der Waals surface area contributed by atoms with Gasteiger partial charge in [0.2, 0.25) is 5.91 Å². The number of benzene rings is 1. The molecule has 2 aromatic rings. The van der Waals surface area contributed by atoms with Crippen LogP contribution in [0.1, 0.15) is 16.1 Å². The molecule has 2 amide bonds. The van der Waals surface area contributed by atoms with Gasteiger partial charge in [-0.25, -0.2) is 4.68 Å². The van der Waals surface area contributed by atoms with E-state index in [1.807, 2.05) is 0 Å². The molecule has 0 saturated carbocycles. The molecule has 1 aromatic heterocycles. The molecule has 0 atom stereocenters. The smallest absolute Gasteiger partial charge is 0.369 e. The van der Waals surface area contributed by atoms with Gasteiger partial charge in [-0.15, -0.1) is 0 Å². The molecule has 138 valence electrons. The molecular formula is C16H16F3N5O2. The van der Waals surface area contributed by atoms with Crippen LogP contribution in [-0.2, 0) is 11.0 Å². The summed E-state index contributed by atoms with van der Waals surface area (Å²) in [5, 5.41) is 9.51. The molecule has 0 spiro atoms. The van der Waals surface area contributed by atoms with Crippen molar-refractivity contribution < 1.29 is 22.8 Å². The first kappa shape index (κ1) is 17.9. The Morgan fingerprint density at radius 2 is 2.04 bits per heavy atom. The molecule has 1 aliphatic rings. The summed E-state index contributed by atoms with van der Waals surface area (Å²) in [4.78, 5) is 23.7. The molecule has 2 heterocycles. The summed E-state index contributed by atoms with van der Waals surface area (Å²) in [5.41, 5.74) is 3.92. The van der Waals surface area contributed by atoms with E-state index in [0.29, 0.717) is 13.1 Å². The van der Waals surface area contributed by atoms with E-state index in [-0.39, 0.29) is 17.9 Å². The molecule has 26 heavy (non-hydrogen) atoms. The third-order valence-electron chi connectivity index (χ3n) is 4.30. The van der Waals surface area contributed by atoms with Crippen LogP contribution in [0.15, 0.2) is 36.5 Å². The SMILES string of the molecule is NC(=O)C1(CNC(=O)c2ccn(-c3cccc(C(F)(F)F)c3)n2)CNC1. The highest BCUT2D eigenvalue weighted by Gasteiger charge is 2.43. The first-order valence-electron chi connectivity index (χ1n) is 7.73. The van der Waals surface area contributed by atoms with E-state index < -0.39 is 29.0 Å². The van der Waals surface area contributed by atoms with E-state index in [4.69, 9.17) is 5.73 Å². The van der Waals surface area contributed by atoms with Crippen LogP contribution in [0.5, 0.6) is 0 Å². The number of carbonyl (C=O) groups is 2. The van der Waals surface area contributed by atoms with Crippen molar-refractivity contribution in [1.29, 1.82) is 0 Å². The third kappa shape index (κ3) is 3.40. The largest absolute Gasteiger partial charge is 0.416 e. The second-order valence-electron chi connectivity index (χ2n) is 6.12. The van der Waals surface area contributed by atoms with Crippen molar-refractivity contribution in [2.75, 3.05) is 19.6 Å². The second kappa shape index (κ2) is 6.45. The Morgan fingerprint density at radius 3 is 2.62 bits per heavy atom. The average molecular weight is 367 g/mol. The molecule has 0 aliphatic carbocycles. The lowest BCUT2D eigenvalue weighted by molar-refractivity contribution is -0.137. The third-order valence-corrected chi connectivity index (χ3v) is 4.30. The lowest BCUT2D eigenvalue weighted by atomic mass is 9.81. The van der Waals surface area contributed by atoms with Gasteiger partial charge < -0.3 is 16.4 Å². The summed E-state index contributed by atoms with van der Waals surface area (Å²) in [5.74, 6) is -1.05. The van der Waals surface area contributed by atoms with E-state index in [2.05, 4.69) is 15.7 Å². The van der Waals surface area contributed by atoms with Crippen molar-refractivity contribution in [3.8, 4) is 5.69 Å². The number of amides is 2. The van der Waals surface area contributed by atoms with Crippen LogP contribution in [0, 0.1) is 5.41 Å². The minimum atomic E-state index is -4.47. The fourth-order valence-electron chi connectivity index (χ4n) is 2.57. The van der Waals surface area contributed by atoms with E-state index in [1.165, 1.54) is 29.1 Å². The number of rotatable bonds is 5. The Hall–Kier alpha value is -2.88. The normalized spacial score (nSPS) is 16.0. The number of nitrogens with zero attached hydrogens (tertiary/aromatic N) is 2. The first-order valence-corrected chi connectivity index (χ1v) is 7.73. The van der Waals surface area contributed by atoms with Gasteiger partial charge in [0.15, 0.2) is 5.69 Å². The summed E-state index contributed by atoms with van der Waals surface area (Å²) in [6.07, 6.45) is -3.08. The number of hydrogen-bond donors (Lipinski definition) is 3. The number of carbonyl (C=O) groups excluding carboxylic acids is 2. The Morgan fingerprint density at radius 1 is 1.31 bits per heavy atom. The van der Waals surface area contributed by atoms with Gasteiger partial charge in [0.05, 0.1) is 16.7 Å². The van der Waals surface area contributed by atoms with Crippen LogP contribution in [-0.4, -0.2) is 41.2 Å². The van der Waals surface area contributed by atoms with Crippen molar-refractivity contribution >= 4 is 11.8 Å². The maximum Gasteiger partial charge on any atom is 0.416 e. The fraction of sp³-hybridized carbons (Fsp3) is 0.312. The predicted molar refractivity (Wildman–Crippen MR) is 85.4 cm³/mol. The van der Waals surface area contributed by atoms with Crippen LogP contribution in [0.4, 0.5) is 13.2 Å². The van der Waals surface area contributed by atoms with Gasteiger partial charge in [-0.05, 0) is 24.3 Å². The van der Waals surface area contributed by atoms with Crippen molar-refractivity contribution in [3.05, 3.63) is 47.8 Å². The Balaban J connectivity index is 1.72. The van der Waals surface area contributed by atoms with Crippen molar-refractivity contribution in [2.45, 2.75) is 6.18 Å². The highest BCUT2D eigenvalue weighted by atomic mass is 19.4. The highest BCUT2D eigenvalue weighted by Crippen LogP contribution is 2.30. The van der Waals surface area contributed by atoms with Crippen LogP contribution in [0.3, 0.4) is 0 Å². The Kier molecular flexibility index (Phi) is 4.45. The standard InChI is InChI=1S/C16H16F3N5O2/c17-16(18,19)10-2-1-3-11(6-10)24-5-4-12(23-24)13(25)22-9-15(14(20)26)7-21-8-15/h1-6,21H,7-9H2,(H2,20,26)(H,22,25). The van der Waals surface area contributed by atoms with E-state index in [0.717, 1.165) is 12.1 Å². The van der Waals surface area contributed by atoms with Crippen LogP contribution < -0.4 is 16.4 Å². The average Bonchev–Trinajstić information content (AvgIpc) is 3.02. The van der Waals surface area contributed by atoms with Crippen LogP contribution in [0.2, 0.25) is 0 Å². The zero-order valence-electron chi connectivity index (χ0n) is 13.5. The first-order chi connectivity index (χ1) is 12.2. The van der Waals surface area contributed by atoms with Crippen molar-refractivity contribution in [2.24, 2.45) is 11.1 Å². The number of aromatic nitrogens is 2. The summed E-state index contributed by atoms with van der Waals surface area (Å²) >= 11 is 0. The summed E-state index contributed by atoms with van der Waals surface area (Å²) < 4.78 is 39.6. The summed E-state index contributed by atoms with van der Waals surface area (Å²) in [6.45, 7) is 0.813. The monoisotopic (exact) mass is 367 g/mol. The van der Waals surface area contributed by atoms with Gasteiger partial charge in [0.1, 0.15) is 0 Å². The van der Waals surface area contributed by atoms with Gasteiger partial charge in [-0.2, -0.15) is 18.3 Å². The predicted octanol–water partition coefficient (Wildman–Crippen LogP) is 0.696. The fourth-order valence-corrected chi connectivity index (χ4v) is 2.57. The van der Waals surface area contributed by atoms with Gasteiger partial charge >= 0.3 is 6.18 Å². The molecular weight excluding hydrogens is 351 g/mol. The molecule has 10 heteroatoms. The molecule has 1 saturated heterocycles. The molecule has 7 nitrogen and oxygen atoms in total. The number of primary amides is 1. The van der Waals surface area contributed by atoms with Crippen molar-refractivity contribution in [1.82, 2.24) is 20.4 Å². The van der Waals surface area contributed by atoms with Gasteiger partial charge in [-0.3, -0.25) is 9.59 Å². The Labute approximate surface area is 146 Å². The van der Waals surface area contributed by atoms with Crippen LogP contribution >= 0.6 is 0 Å². The van der Waals surface area contributed by atoms with E-state index in [9.17, 15) is 22.8 Å². The topological polar surface area (TPSA) is 102 Å². The van der Waals surface area contributed by atoms with Crippen molar-refractivity contribution in [3.63, 3.8) is 0 Å². The maximum absolute atomic E-state index is 12.8. The van der Waals surface area contributed by atoms with Gasteiger partial charge in [-0.1, -0.05) is 6.07 Å².